The molecule has 0 spiro atoms. The van der Waals surface area contributed by atoms with Crippen molar-refractivity contribution in [3.63, 3.8) is 0 Å². The van der Waals surface area contributed by atoms with Crippen LogP contribution in [-0.2, 0) is 4.74 Å². The van der Waals surface area contributed by atoms with Crippen LogP contribution in [-0.4, -0.2) is 12.7 Å². The fourth-order valence-electron chi connectivity index (χ4n) is 2.53. The van der Waals surface area contributed by atoms with Crippen LogP contribution < -0.4 is 11.3 Å². The maximum Gasteiger partial charge on any atom is 0.0576 e. The standard InChI is InChI=1S/C14H20BrIN2O/c15-10-6-7-13(16)12(9-10)14(18-17)5-1-3-11-4-2-8-19-11/h6-7,9,11,14,18H,1-5,8,17H2. The third-order valence-corrected chi connectivity index (χ3v) is 5.05. The van der Waals surface area contributed by atoms with Crippen molar-refractivity contribution < 1.29 is 4.74 Å². The molecule has 1 aliphatic rings. The Labute approximate surface area is 136 Å². The summed E-state index contributed by atoms with van der Waals surface area (Å²) in [4.78, 5) is 0. The number of ether oxygens (including phenoxy) is 1. The molecular weight excluding hydrogens is 419 g/mol. The van der Waals surface area contributed by atoms with E-state index in [9.17, 15) is 0 Å². The summed E-state index contributed by atoms with van der Waals surface area (Å²) in [5.41, 5.74) is 4.21. The smallest absolute Gasteiger partial charge is 0.0576 e. The van der Waals surface area contributed by atoms with Gasteiger partial charge < -0.3 is 4.74 Å². The van der Waals surface area contributed by atoms with Crippen molar-refractivity contribution in [3.8, 4) is 0 Å². The largest absolute Gasteiger partial charge is 0.378 e. The molecule has 2 unspecified atom stereocenters. The van der Waals surface area contributed by atoms with Crippen LogP contribution in [0.15, 0.2) is 22.7 Å². The second-order valence-electron chi connectivity index (χ2n) is 4.95. The van der Waals surface area contributed by atoms with Crippen LogP contribution >= 0.6 is 38.5 Å². The molecule has 1 aromatic rings. The lowest BCUT2D eigenvalue weighted by Crippen LogP contribution is -2.28. The molecule has 3 N–H and O–H groups in total. The summed E-state index contributed by atoms with van der Waals surface area (Å²) in [6.45, 7) is 0.937. The van der Waals surface area contributed by atoms with E-state index in [1.165, 1.54) is 22.0 Å². The Morgan fingerprint density at radius 2 is 2.37 bits per heavy atom. The number of rotatable bonds is 6. The molecule has 1 saturated heterocycles. The van der Waals surface area contributed by atoms with Gasteiger partial charge in [0.15, 0.2) is 0 Å². The van der Waals surface area contributed by atoms with Crippen molar-refractivity contribution in [3.05, 3.63) is 31.8 Å². The van der Waals surface area contributed by atoms with Gasteiger partial charge in [-0.2, -0.15) is 0 Å². The fraction of sp³-hybridized carbons (Fsp3) is 0.571. The van der Waals surface area contributed by atoms with E-state index in [0.29, 0.717) is 6.10 Å². The Morgan fingerprint density at radius 1 is 1.53 bits per heavy atom. The summed E-state index contributed by atoms with van der Waals surface area (Å²) in [6, 6.07) is 6.54. The summed E-state index contributed by atoms with van der Waals surface area (Å²) in [6.07, 6.45) is 6.23. The van der Waals surface area contributed by atoms with Crippen molar-refractivity contribution >= 4 is 38.5 Å². The summed E-state index contributed by atoms with van der Waals surface area (Å²) in [5, 5.41) is 0. The third-order valence-electron chi connectivity index (χ3n) is 3.58. The molecule has 0 aromatic heterocycles. The highest BCUT2D eigenvalue weighted by molar-refractivity contribution is 14.1. The Bertz CT molecular complexity index is 410. The molecule has 2 atom stereocenters. The van der Waals surface area contributed by atoms with Gasteiger partial charge in [-0.25, -0.2) is 0 Å². The van der Waals surface area contributed by atoms with Crippen LogP contribution in [0, 0.1) is 3.57 Å². The number of hydrazine groups is 1. The number of benzene rings is 1. The zero-order valence-corrected chi connectivity index (χ0v) is 14.6. The minimum Gasteiger partial charge on any atom is -0.378 e. The van der Waals surface area contributed by atoms with Crippen LogP contribution in [0.4, 0.5) is 0 Å². The van der Waals surface area contributed by atoms with Gasteiger partial charge in [0, 0.05) is 20.7 Å². The Kier molecular flexibility index (Phi) is 6.55. The van der Waals surface area contributed by atoms with Crippen molar-refractivity contribution in [2.45, 2.75) is 44.2 Å². The van der Waals surface area contributed by atoms with Gasteiger partial charge >= 0.3 is 0 Å². The highest BCUT2D eigenvalue weighted by Crippen LogP contribution is 2.28. The number of nitrogens with two attached hydrogens (primary N) is 1. The van der Waals surface area contributed by atoms with Crippen LogP contribution in [0.25, 0.3) is 0 Å². The van der Waals surface area contributed by atoms with E-state index in [4.69, 9.17) is 10.6 Å². The summed E-state index contributed by atoms with van der Waals surface area (Å²) in [7, 11) is 0. The number of nitrogens with one attached hydrogen (secondary N) is 1. The van der Waals surface area contributed by atoms with E-state index >= 15 is 0 Å². The van der Waals surface area contributed by atoms with Gasteiger partial charge in [-0.05, 0) is 78.5 Å². The monoisotopic (exact) mass is 438 g/mol. The maximum absolute atomic E-state index is 5.72. The Hall–Kier alpha value is 0.310. The topological polar surface area (TPSA) is 47.3 Å². The van der Waals surface area contributed by atoms with E-state index in [0.717, 1.165) is 30.3 Å². The number of hydrogen-bond donors (Lipinski definition) is 2. The van der Waals surface area contributed by atoms with Crippen LogP contribution in [0.5, 0.6) is 0 Å². The van der Waals surface area contributed by atoms with Crippen molar-refractivity contribution in [2.75, 3.05) is 6.61 Å². The summed E-state index contributed by atoms with van der Waals surface area (Å²) < 4.78 is 8.01. The number of hydrogen-bond acceptors (Lipinski definition) is 3. The van der Waals surface area contributed by atoms with Gasteiger partial charge in [-0.3, -0.25) is 11.3 Å². The Morgan fingerprint density at radius 3 is 3.05 bits per heavy atom. The van der Waals surface area contributed by atoms with Gasteiger partial charge in [0.2, 0.25) is 0 Å². The lowest BCUT2D eigenvalue weighted by atomic mass is 10.00. The first-order valence-electron chi connectivity index (χ1n) is 6.73. The molecule has 106 valence electrons. The molecule has 2 rings (SSSR count). The molecule has 0 bridgehead atoms. The van der Waals surface area contributed by atoms with E-state index in [1.807, 2.05) is 0 Å². The fourth-order valence-corrected chi connectivity index (χ4v) is 3.62. The molecule has 5 heteroatoms. The average Bonchev–Trinajstić information content (AvgIpc) is 2.91. The summed E-state index contributed by atoms with van der Waals surface area (Å²) in [5.74, 6) is 5.72. The Balaban J connectivity index is 1.89. The zero-order chi connectivity index (χ0) is 13.7. The molecule has 0 amide bonds. The predicted octanol–water partition coefficient (Wildman–Crippen LogP) is 3.91. The lowest BCUT2D eigenvalue weighted by molar-refractivity contribution is 0.101. The van der Waals surface area contributed by atoms with Crippen LogP contribution in [0.3, 0.4) is 0 Å². The molecule has 3 nitrogen and oxygen atoms in total. The molecule has 1 aliphatic heterocycles. The van der Waals surface area contributed by atoms with Crippen LogP contribution in [0.1, 0.15) is 43.7 Å². The van der Waals surface area contributed by atoms with E-state index in [2.05, 4.69) is 62.1 Å². The second kappa shape index (κ2) is 7.93. The van der Waals surface area contributed by atoms with Crippen molar-refractivity contribution in [1.29, 1.82) is 0 Å². The van der Waals surface area contributed by atoms with Gasteiger partial charge in [0.1, 0.15) is 0 Å². The number of halogens is 2. The quantitative estimate of drug-likeness (QED) is 0.402. The molecule has 0 saturated carbocycles. The first-order chi connectivity index (χ1) is 9.20. The molecule has 19 heavy (non-hydrogen) atoms. The minimum atomic E-state index is 0.214. The van der Waals surface area contributed by atoms with Crippen molar-refractivity contribution in [2.24, 2.45) is 5.84 Å². The SMILES string of the molecule is NNC(CCCC1CCCO1)c1cc(Br)ccc1I. The molecule has 1 aromatic carbocycles. The second-order valence-corrected chi connectivity index (χ2v) is 7.03. The maximum atomic E-state index is 5.72. The molecule has 1 heterocycles. The molecular formula is C14H20BrIN2O. The lowest BCUT2D eigenvalue weighted by Gasteiger charge is -2.19. The summed E-state index contributed by atoms with van der Waals surface area (Å²) >= 11 is 5.89. The molecule has 1 fully saturated rings. The minimum absolute atomic E-state index is 0.214. The van der Waals surface area contributed by atoms with Gasteiger partial charge in [0.05, 0.1) is 6.10 Å². The van der Waals surface area contributed by atoms with Gasteiger partial charge in [-0.15, -0.1) is 0 Å². The van der Waals surface area contributed by atoms with Crippen LogP contribution in [0.2, 0.25) is 0 Å². The molecule has 0 radical (unpaired) electrons. The van der Waals surface area contributed by atoms with E-state index in [1.54, 1.807) is 0 Å². The molecule has 0 aliphatic carbocycles. The predicted molar refractivity (Wildman–Crippen MR) is 89.7 cm³/mol. The normalized spacial score (nSPS) is 20.7. The van der Waals surface area contributed by atoms with Crippen molar-refractivity contribution in [1.82, 2.24) is 5.43 Å². The van der Waals surface area contributed by atoms with E-state index < -0.39 is 0 Å². The van der Waals surface area contributed by atoms with E-state index in [-0.39, 0.29) is 6.04 Å². The highest BCUT2D eigenvalue weighted by atomic mass is 127. The third kappa shape index (κ3) is 4.67. The average molecular weight is 439 g/mol. The first-order valence-corrected chi connectivity index (χ1v) is 8.60. The van der Waals surface area contributed by atoms with Gasteiger partial charge in [-0.1, -0.05) is 15.9 Å². The first kappa shape index (κ1) is 15.7. The zero-order valence-electron chi connectivity index (χ0n) is 10.9. The van der Waals surface area contributed by atoms with Gasteiger partial charge in [0.25, 0.3) is 0 Å². The highest BCUT2D eigenvalue weighted by Gasteiger charge is 2.17.